The van der Waals surface area contributed by atoms with Crippen LogP contribution in [0, 0.1) is 11.3 Å². The number of hydrogen-bond acceptors (Lipinski definition) is 3. The van der Waals surface area contributed by atoms with E-state index in [-0.39, 0.29) is 5.91 Å². The van der Waals surface area contributed by atoms with Crippen LogP contribution in [0.4, 0.5) is 0 Å². The number of nitrogens with zero attached hydrogens (tertiary/aromatic N) is 2. The molecule has 1 saturated heterocycles. The van der Waals surface area contributed by atoms with E-state index in [0.717, 1.165) is 15.6 Å². The molecule has 1 amide bonds. The van der Waals surface area contributed by atoms with E-state index in [2.05, 4.69) is 22.0 Å². The van der Waals surface area contributed by atoms with Crippen molar-refractivity contribution in [2.75, 3.05) is 20.3 Å². The minimum absolute atomic E-state index is 0.102. The molecule has 1 aliphatic rings. The fraction of sp³-hybridized carbons (Fsp3) is 0.333. The molecule has 0 saturated carbocycles. The number of nitriles is 1. The highest BCUT2D eigenvalue weighted by Crippen LogP contribution is 2.37. The zero-order valence-corrected chi connectivity index (χ0v) is 16.3. The molecule has 0 unspecified atom stereocenters. The minimum atomic E-state index is -0.555. The smallest absolute Gasteiger partial charge is 0.233 e. The SMILES string of the molecule is CN(Cc1cccc(C#N)c1)C(=O)C1(c2ccc(Br)cc2)CCOCC1. The Morgan fingerprint density at radius 2 is 1.92 bits per heavy atom. The average molecular weight is 413 g/mol. The summed E-state index contributed by atoms with van der Waals surface area (Å²) in [6.07, 6.45) is 1.35. The molecule has 4 nitrogen and oxygen atoms in total. The number of carbonyl (C=O) groups is 1. The number of hydrogen-bond donors (Lipinski definition) is 0. The van der Waals surface area contributed by atoms with Crippen LogP contribution in [0.15, 0.2) is 53.0 Å². The molecule has 2 aromatic rings. The second kappa shape index (κ2) is 8.03. The number of benzene rings is 2. The highest BCUT2D eigenvalue weighted by Gasteiger charge is 2.43. The van der Waals surface area contributed by atoms with Gasteiger partial charge >= 0.3 is 0 Å². The summed E-state index contributed by atoms with van der Waals surface area (Å²) >= 11 is 3.46. The van der Waals surface area contributed by atoms with Crippen molar-refractivity contribution in [2.24, 2.45) is 0 Å². The van der Waals surface area contributed by atoms with Gasteiger partial charge in [-0.05, 0) is 48.2 Å². The van der Waals surface area contributed by atoms with E-state index in [1.807, 2.05) is 49.5 Å². The van der Waals surface area contributed by atoms with Gasteiger partial charge in [0.2, 0.25) is 5.91 Å². The first-order valence-corrected chi connectivity index (χ1v) is 9.43. The van der Waals surface area contributed by atoms with E-state index >= 15 is 0 Å². The Hall–Kier alpha value is -2.16. The summed E-state index contributed by atoms with van der Waals surface area (Å²) in [5, 5.41) is 9.07. The Morgan fingerprint density at radius 3 is 2.58 bits per heavy atom. The van der Waals surface area contributed by atoms with E-state index in [1.54, 1.807) is 11.0 Å². The third-order valence-corrected chi connectivity index (χ3v) is 5.50. The van der Waals surface area contributed by atoms with Gasteiger partial charge in [-0.2, -0.15) is 5.26 Å². The summed E-state index contributed by atoms with van der Waals surface area (Å²) in [6.45, 7) is 1.65. The van der Waals surface area contributed by atoms with E-state index in [9.17, 15) is 4.79 Å². The van der Waals surface area contributed by atoms with Crippen LogP contribution in [0.2, 0.25) is 0 Å². The second-order valence-corrected chi connectivity index (χ2v) is 7.59. The number of carbonyl (C=O) groups excluding carboxylic acids is 1. The van der Waals surface area contributed by atoms with Crippen molar-refractivity contribution in [3.8, 4) is 6.07 Å². The molecule has 5 heteroatoms. The standard InChI is InChI=1S/C21H21BrN2O2/c1-24(15-17-4-2-3-16(13-17)14-23)20(25)21(9-11-26-12-10-21)18-5-7-19(22)8-6-18/h2-8,13H,9-12,15H2,1H3. The molecule has 0 atom stereocenters. The first-order chi connectivity index (χ1) is 12.5. The molecular formula is C21H21BrN2O2. The van der Waals surface area contributed by atoms with Gasteiger partial charge in [0.05, 0.1) is 17.0 Å². The minimum Gasteiger partial charge on any atom is -0.381 e. The number of amides is 1. The summed E-state index contributed by atoms with van der Waals surface area (Å²) in [5.74, 6) is 0.102. The van der Waals surface area contributed by atoms with Crippen molar-refractivity contribution in [1.29, 1.82) is 5.26 Å². The van der Waals surface area contributed by atoms with Crippen LogP contribution in [0.1, 0.15) is 29.5 Å². The van der Waals surface area contributed by atoms with E-state index in [4.69, 9.17) is 10.00 Å². The van der Waals surface area contributed by atoms with Crippen LogP contribution in [-0.4, -0.2) is 31.1 Å². The molecule has 0 aromatic heterocycles. The van der Waals surface area contributed by atoms with Crippen molar-refractivity contribution in [3.63, 3.8) is 0 Å². The molecule has 2 aromatic carbocycles. The summed E-state index contributed by atoms with van der Waals surface area (Å²) in [6, 6.07) is 17.6. The molecule has 134 valence electrons. The van der Waals surface area contributed by atoms with Gasteiger partial charge in [0.15, 0.2) is 0 Å². The van der Waals surface area contributed by atoms with E-state index in [0.29, 0.717) is 38.2 Å². The maximum absolute atomic E-state index is 13.5. The summed E-state index contributed by atoms with van der Waals surface area (Å²) < 4.78 is 6.53. The molecule has 1 fully saturated rings. The van der Waals surface area contributed by atoms with Gasteiger partial charge in [-0.15, -0.1) is 0 Å². The lowest BCUT2D eigenvalue weighted by Gasteiger charge is -2.39. The maximum atomic E-state index is 13.5. The maximum Gasteiger partial charge on any atom is 0.233 e. The molecule has 26 heavy (non-hydrogen) atoms. The molecule has 3 rings (SSSR count). The van der Waals surface area contributed by atoms with Crippen LogP contribution in [0.3, 0.4) is 0 Å². The van der Waals surface area contributed by atoms with Gasteiger partial charge in [-0.25, -0.2) is 0 Å². The van der Waals surface area contributed by atoms with Crippen molar-refractivity contribution < 1.29 is 9.53 Å². The summed E-state index contributed by atoms with van der Waals surface area (Å²) in [7, 11) is 1.83. The van der Waals surface area contributed by atoms with Crippen LogP contribution in [-0.2, 0) is 21.5 Å². The third-order valence-electron chi connectivity index (χ3n) is 4.98. The predicted octanol–water partition coefficient (Wildman–Crippen LogP) is 4.03. The molecule has 0 radical (unpaired) electrons. The fourth-order valence-electron chi connectivity index (χ4n) is 3.57. The van der Waals surface area contributed by atoms with Crippen molar-refractivity contribution >= 4 is 21.8 Å². The lowest BCUT2D eigenvalue weighted by molar-refractivity contribution is -0.140. The summed E-state index contributed by atoms with van der Waals surface area (Å²) in [4.78, 5) is 15.2. The Balaban J connectivity index is 1.87. The lowest BCUT2D eigenvalue weighted by atomic mass is 9.73. The molecule has 0 bridgehead atoms. The van der Waals surface area contributed by atoms with E-state index in [1.165, 1.54) is 0 Å². The van der Waals surface area contributed by atoms with Gasteiger partial charge in [-0.3, -0.25) is 4.79 Å². The number of halogens is 1. The third kappa shape index (κ3) is 3.82. The first-order valence-electron chi connectivity index (χ1n) is 8.63. The zero-order chi connectivity index (χ0) is 18.6. The van der Waals surface area contributed by atoms with Gasteiger partial charge in [0.25, 0.3) is 0 Å². The Labute approximate surface area is 162 Å². The Kier molecular flexibility index (Phi) is 5.75. The highest BCUT2D eigenvalue weighted by atomic mass is 79.9. The molecule has 1 aliphatic heterocycles. The van der Waals surface area contributed by atoms with Gasteiger partial charge in [0.1, 0.15) is 0 Å². The number of likely N-dealkylation sites (N-methyl/N-ethyl adjacent to an activating group) is 1. The normalized spacial score (nSPS) is 15.9. The predicted molar refractivity (Wildman–Crippen MR) is 104 cm³/mol. The average Bonchev–Trinajstić information content (AvgIpc) is 2.68. The van der Waals surface area contributed by atoms with Crippen LogP contribution < -0.4 is 0 Å². The summed E-state index contributed by atoms with van der Waals surface area (Å²) in [5.41, 5.74) is 2.04. The van der Waals surface area contributed by atoms with E-state index < -0.39 is 5.41 Å². The van der Waals surface area contributed by atoms with Gasteiger partial charge in [-0.1, -0.05) is 40.2 Å². The highest BCUT2D eigenvalue weighted by molar-refractivity contribution is 9.10. The second-order valence-electron chi connectivity index (χ2n) is 6.67. The van der Waals surface area contributed by atoms with Crippen molar-refractivity contribution in [3.05, 3.63) is 69.7 Å². The van der Waals surface area contributed by atoms with Gasteiger partial charge in [0, 0.05) is 31.3 Å². The lowest BCUT2D eigenvalue weighted by Crippen LogP contribution is -2.48. The zero-order valence-electron chi connectivity index (χ0n) is 14.7. The van der Waals surface area contributed by atoms with Crippen LogP contribution >= 0.6 is 15.9 Å². The topological polar surface area (TPSA) is 53.3 Å². The van der Waals surface area contributed by atoms with Gasteiger partial charge < -0.3 is 9.64 Å². The first kappa shape index (κ1) is 18.6. The molecule has 0 spiro atoms. The quantitative estimate of drug-likeness (QED) is 0.761. The molecule has 0 N–H and O–H groups in total. The van der Waals surface area contributed by atoms with Crippen LogP contribution in [0.25, 0.3) is 0 Å². The monoisotopic (exact) mass is 412 g/mol. The van der Waals surface area contributed by atoms with Crippen molar-refractivity contribution in [1.82, 2.24) is 4.90 Å². The molecule has 1 heterocycles. The number of rotatable bonds is 4. The largest absolute Gasteiger partial charge is 0.381 e. The Bertz CT molecular complexity index is 821. The number of ether oxygens (including phenoxy) is 1. The fourth-order valence-corrected chi connectivity index (χ4v) is 3.83. The van der Waals surface area contributed by atoms with Crippen molar-refractivity contribution in [2.45, 2.75) is 24.8 Å². The van der Waals surface area contributed by atoms with Crippen LogP contribution in [0.5, 0.6) is 0 Å². The molecule has 0 aliphatic carbocycles. The Morgan fingerprint density at radius 1 is 1.23 bits per heavy atom. The molecular weight excluding hydrogens is 392 g/mol.